The third-order valence-electron chi connectivity index (χ3n) is 8.36. The van der Waals surface area contributed by atoms with E-state index < -0.39 is 5.76 Å². The van der Waals surface area contributed by atoms with Crippen LogP contribution in [-0.2, 0) is 11.3 Å². The lowest BCUT2D eigenvalue weighted by atomic mass is 9.83. The highest BCUT2D eigenvalue weighted by Crippen LogP contribution is 2.38. The van der Waals surface area contributed by atoms with Crippen LogP contribution < -0.4 is 10.7 Å². The first-order valence-electron chi connectivity index (χ1n) is 13.8. The maximum atomic E-state index is 11.7. The first kappa shape index (κ1) is 26.0. The Bertz CT molecular complexity index is 1520. The second-order valence-corrected chi connectivity index (χ2v) is 11.6. The van der Waals surface area contributed by atoms with Crippen molar-refractivity contribution >= 4 is 28.6 Å². The molecule has 4 aromatic heterocycles. The van der Waals surface area contributed by atoms with Crippen LogP contribution in [0.25, 0.3) is 33.8 Å². The van der Waals surface area contributed by atoms with Gasteiger partial charge < -0.3 is 14.2 Å². The second-order valence-electron chi connectivity index (χ2n) is 11.1. The smallest absolute Gasteiger partial charge is 0.381 e. The van der Waals surface area contributed by atoms with Gasteiger partial charge in [0.05, 0.1) is 27.9 Å². The molecule has 2 aliphatic rings. The number of anilines is 1. The monoisotopic (exact) mass is 551 g/mol. The van der Waals surface area contributed by atoms with E-state index in [1.807, 2.05) is 12.1 Å². The summed E-state index contributed by atoms with van der Waals surface area (Å²) in [5.41, 5.74) is 3.65. The average Bonchev–Trinajstić information content (AvgIpc) is 3.53. The van der Waals surface area contributed by atoms with Crippen LogP contribution >= 0.6 is 11.6 Å². The topological polar surface area (TPSA) is 115 Å². The summed E-state index contributed by atoms with van der Waals surface area (Å²) in [5.74, 6) is 1.89. The molecule has 1 aliphatic carbocycles. The number of fused-ring (bicyclic) bond motifs is 1. The Balaban J connectivity index is 1.55. The van der Waals surface area contributed by atoms with Gasteiger partial charge in [-0.1, -0.05) is 36.5 Å². The molecule has 1 N–H and O–H groups in total. The van der Waals surface area contributed by atoms with Crippen molar-refractivity contribution in [3.8, 4) is 22.8 Å². The lowest BCUT2D eigenvalue weighted by molar-refractivity contribution is 0.0716. The van der Waals surface area contributed by atoms with E-state index in [0.29, 0.717) is 22.3 Å². The van der Waals surface area contributed by atoms with E-state index in [1.54, 1.807) is 19.5 Å². The molecule has 2 atom stereocenters. The third-order valence-corrected chi connectivity index (χ3v) is 8.57. The number of rotatable bonds is 6. The van der Waals surface area contributed by atoms with Gasteiger partial charge in [-0.2, -0.15) is 0 Å². The standard InChI is InChI=1S/C28H34ClN7O3/c1-16-4-6-18(7-5-16)15-36-25-22(32-27(36)35-9-8-21(38-3)10-17(35)2)12-23(26-33-28(37)39-34-26)31-24(25)19-11-20(29)14-30-13-19/h11-14,16-18,21H,4-10,15H2,1-3H3,(H,33,34,37)/t16-,17-,18-,21+/m0/s1. The van der Waals surface area contributed by atoms with Crippen LogP contribution in [0.4, 0.5) is 5.95 Å². The number of aromatic amines is 1. The normalized spacial score (nSPS) is 23.9. The Morgan fingerprint density at radius 2 is 1.95 bits per heavy atom. The highest BCUT2D eigenvalue weighted by molar-refractivity contribution is 6.30. The molecule has 1 saturated carbocycles. The molecule has 2 fully saturated rings. The van der Waals surface area contributed by atoms with Crippen molar-refractivity contribution in [1.82, 2.24) is 29.7 Å². The van der Waals surface area contributed by atoms with Gasteiger partial charge in [0.25, 0.3) is 0 Å². The molecule has 11 heteroatoms. The number of aromatic nitrogens is 6. The number of methoxy groups -OCH3 is 1. The predicted molar refractivity (Wildman–Crippen MR) is 150 cm³/mol. The van der Waals surface area contributed by atoms with Gasteiger partial charge in [-0.25, -0.2) is 14.8 Å². The zero-order valence-electron chi connectivity index (χ0n) is 22.6. The van der Waals surface area contributed by atoms with Crippen LogP contribution in [0.5, 0.6) is 0 Å². The molecule has 1 aliphatic heterocycles. The molecule has 10 nitrogen and oxygen atoms in total. The maximum absolute atomic E-state index is 11.7. The highest BCUT2D eigenvalue weighted by atomic mass is 35.5. The van der Waals surface area contributed by atoms with Crippen molar-refractivity contribution in [1.29, 1.82) is 0 Å². The minimum Gasteiger partial charge on any atom is -0.381 e. The number of ether oxygens (including phenoxy) is 1. The predicted octanol–water partition coefficient (Wildman–Crippen LogP) is 5.32. The number of imidazole rings is 1. The Labute approximate surface area is 231 Å². The molecule has 39 heavy (non-hydrogen) atoms. The van der Waals surface area contributed by atoms with Crippen molar-refractivity contribution in [2.24, 2.45) is 11.8 Å². The van der Waals surface area contributed by atoms with Crippen LogP contribution in [0, 0.1) is 11.8 Å². The Morgan fingerprint density at radius 3 is 2.64 bits per heavy atom. The van der Waals surface area contributed by atoms with Crippen LogP contribution in [0.2, 0.25) is 5.02 Å². The van der Waals surface area contributed by atoms with Gasteiger partial charge in [0.2, 0.25) is 11.8 Å². The summed E-state index contributed by atoms with van der Waals surface area (Å²) in [4.78, 5) is 31.3. The summed E-state index contributed by atoms with van der Waals surface area (Å²) in [5, 5.41) is 4.41. The van der Waals surface area contributed by atoms with Gasteiger partial charge in [-0.3, -0.25) is 14.5 Å². The van der Waals surface area contributed by atoms with Gasteiger partial charge in [0.15, 0.2) is 0 Å². The number of halogens is 1. The van der Waals surface area contributed by atoms with Crippen LogP contribution in [-0.4, -0.2) is 55.5 Å². The SMILES string of the molecule is CO[C@@H]1CCN(c2nc3cc(-c4noc(=O)[nH]4)nc(-c4cncc(Cl)c4)c3n2C[C@H]2CC[C@H](C)CC2)[C@@H](C)C1. The van der Waals surface area contributed by atoms with Crippen molar-refractivity contribution in [3.63, 3.8) is 0 Å². The van der Waals surface area contributed by atoms with E-state index >= 15 is 0 Å². The first-order valence-corrected chi connectivity index (χ1v) is 14.2. The fourth-order valence-electron chi connectivity index (χ4n) is 6.15. The molecule has 206 valence electrons. The quantitative estimate of drug-likeness (QED) is 0.342. The van der Waals surface area contributed by atoms with Gasteiger partial charge in [0.1, 0.15) is 5.69 Å². The van der Waals surface area contributed by atoms with E-state index in [4.69, 9.17) is 30.8 Å². The lowest BCUT2D eigenvalue weighted by Crippen LogP contribution is -2.44. The molecular formula is C28H34ClN7O3. The van der Waals surface area contributed by atoms with Crippen LogP contribution in [0.3, 0.4) is 0 Å². The number of hydrogen-bond donors (Lipinski definition) is 1. The number of piperidine rings is 1. The van der Waals surface area contributed by atoms with E-state index in [0.717, 1.165) is 54.4 Å². The summed E-state index contributed by atoms with van der Waals surface area (Å²) in [6.45, 7) is 6.30. The average molecular weight is 552 g/mol. The van der Waals surface area contributed by atoms with E-state index in [9.17, 15) is 4.79 Å². The molecule has 0 unspecified atom stereocenters. The minimum atomic E-state index is -0.634. The molecule has 0 bridgehead atoms. The molecule has 5 heterocycles. The Hall–Kier alpha value is -3.24. The number of nitrogens with one attached hydrogen (secondary N) is 1. The molecule has 0 spiro atoms. The zero-order chi connectivity index (χ0) is 27.1. The van der Waals surface area contributed by atoms with Crippen LogP contribution in [0.1, 0.15) is 52.4 Å². The number of H-pyrrole nitrogens is 1. The summed E-state index contributed by atoms with van der Waals surface area (Å²) < 4.78 is 12.8. The third kappa shape index (κ3) is 5.19. The number of pyridine rings is 2. The minimum absolute atomic E-state index is 0.249. The molecule has 0 aromatic carbocycles. The number of hydrogen-bond acceptors (Lipinski definition) is 8. The fourth-order valence-corrected chi connectivity index (χ4v) is 6.32. The molecule has 6 rings (SSSR count). The largest absolute Gasteiger partial charge is 0.439 e. The fraction of sp³-hybridized carbons (Fsp3) is 0.536. The number of nitrogens with zero attached hydrogens (tertiary/aromatic N) is 6. The highest BCUT2D eigenvalue weighted by Gasteiger charge is 2.31. The summed E-state index contributed by atoms with van der Waals surface area (Å²) in [6.07, 6.45) is 10.4. The van der Waals surface area contributed by atoms with Crippen molar-refractivity contribution in [2.45, 2.75) is 71.1 Å². The zero-order valence-corrected chi connectivity index (χ0v) is 23.3. The van der Waals surface area contributed by atoms with Gasteiger partial charge in [-0.15, -0.1) is 0 Å². The van der Waals surface area contributed by atoms with Crippen molar-refractivity contribution < 1.29 is 9.26 Å². The van der Waals surface area contributed by atoms with Gasteiger partial charge >= 0.3 is 5.76 Å². The summed E-state index contributed by atoms with van der Waals surface area (Å²) in [6, 6.07) is 4.00. The van der Waals surface area contributed by atoms with Gasteiger partial charge in [-0.05, 0) is 56.6 Å². The molecular weight excluding hydrogens is 518 g/mol. The Kier molecular flexibility index (Phi) is 7.16. The van der Waals surface area contributed by atoms with Crippen molar-refractivity contribution in [2.75, 3.05) is 18.6 Å². The summed E-state index contributed by atoms with van der Waals surface area (Å²) >= 11 is 6.38. The molecule has 0 radical (unpaired) electrons. The van der Waals surface area contributed by atoms with E-state index in [-0.39, 0.29) is 18.0 Å². The first-order chi connectivity index (χ1) is 18.9. The van der Waals surface area contributed by atoms with Gasteiger partial charge in [0, 0.05) is 44.2 Å². The second kappa shape index (κ2) is 10.7. The Morgan fingerprint density at radius 1 is 1.13 bits per heavy atom. The molecule has 4 aromatic rings. The summed E-state index contributed by atoms with van der Waals surface area (Å²) in [7, 11) is 1.79. The van der Waals surface area contributed by atoms with E-state index in [1.165, 1.54) is 25.7 Å². The molecule has 0 amide bonds. The van der Waals surface area contributed by atoms with E-state index in [2.05, 4.69) is 38.4 Å². The lowest BCUT2D eigenvalue weighted by Gasteiger charge is -2.38. The maximum Gasteiger partial charge on any atom is 0.439 e. The van der Waals surface area contributed by atoms with Crippen LogP contribution in [0.15, 0.2) is 33.8 Å². The van der Waals surface area contributed by atoms with Crippen molar-refractivity contribution in [3.05, 3.63) is 40.1 Å². The molecule has 1 saturated heterocycles.